The summed E-state index contributed by atoms with van der Waals surface area (Å²) in [5.41, 5.74) is 4.47. The zero-order chi connectivity index (χ0) is 28.7. The molecule has 1 aliphatic heterocycles. The van der Waals surface area contributed by atoms with Crippen molar-refractivity contribution in [3.63, 3.8) is 0 Å². The SMILES string of the molecule is CNC(=O)c1c(-c2ccc(F)cc2)oc2cc(N(C)C)c([C@@H]3CCCN(c4ncc(-c5ccc(F)cc5)o4)C3)cc12. The minimum absolute atomic E-state index is 0.133. The second kappa shape index (κ2) is 10.7. The third-order valence-electron chi connectivity index (χ3n) is 7.63. The van der Waals surface area contributed by atoms with E-state index < -0.39 is 0 Å². The number of furan rings is 1. The van der Waals surface area contributed by atoms with Crippen LogP contribution in [0.25, 0.3) is 33.6 Å². The first kappa shape index (κ1) is 26.6. The van der Waals surface area contributed by atoms with E-state index in [0.29, 0.717) is 46.2 Å². The molecule has 1 N–H and O–H groups in total. The van der Waals surface area contributed by atoms with Crippen LogP contribution in [0.1, 0.15) is 34.7 Å². The summed E-state index contributed by atoms with van der Waals surface area (Å²) in [4.78, 5) is 21.8. The highest BCUT2D eigenvalue weighted by atomic mass is 19.1. The monoisotopic (exact) mass is 556 g/mol. The maximum Gasteiger partial charge on any atom is 0.297 e. The molecule has 210 valence electrons. The molecule has 6 rings (SSSR count). The Kier molecular flexibility index (Phi) is 6.95. The standard InChI is InChI=1S/C32H30F2N4O3/c1-35-31(39)29-25-15-24(26(37(2)3)16-27(25)40-30(29)20-8-12-23(34)13-9-20)21-5-4-14-38(18-21)32-36-17-28(41-32)19-6-10-22(33)11-7-19/h6-13,15-17,21H,4-5,14,18H2,1-3H3,(H,35,39)/t21-/m1/s1. The molecule has 9 heteroatoms. The Bertz CT molecular complexity index is 1710. The van der Waals surface area contributed by atoms with Gasteiger partial charge in [0.25, 0.3) is 11.9 Å². The molecule has 0 saturated carbocycles. The molecule has 0 bridgehead atoms. The average molecular weight is 557 g/mol. The van der Waals surface area contributed by atoms with Crippen molar-refractivity contribution >= 4 is 28.6 Å². The van der Waals surface area contributed by atoms with Crippen LogP contribution in [-0.2, 0) is 0 Å². The number of oxazole rings is 1. The third-order valence-corrected chi connectivity index (χ3v) is 7.63. The topological polar surface area (TPSA) is 74.8 Å². The highest BCUT2D eigenvalue weighted by Gasteiger charge is 2.29. The lowest BCUT2D eigenvalue weighted by molar-refractivity contribution is 0.0964. The highest BCUT2D eigenvalue weighted by Crippen LogP contribution is 2.42. The number of hydrogen-bond acceptors (Lipinski definition) is 6. The Balaban J connectivity index is 1.38. The number of carbonyl (C=O) groups is 1. The molecule has 0 aliphatic carbocycles. The van der Waals surface area contributed by atoms with Gasteiger partial charge in [0, 0.05) is 68.4 Å². The zero-order valence-electron chi connectivity index (χ0n) is 23.1. The van der Waals surface area contributed by atoms with E-state index in [1.165, 1.54) is 24.3 Å². The van der Waals surface area contributed by atoms with E-state index in [2.05, 4.69) is 21.3 Å². The Morgan fingerprint density at radius 2 is 1.68 bits per heavy atom. The first-order chi connectivity index (χ1) is 19.8. The minimum atomic E-state index is -0.360. The molecule has 3 heterocycles. The minimum Gasteiger partial charge on any atom is -0.455 e. The summed E-state index contributed by atoms with van der Waals surface area (Å²) in [6.45, 7) is 1.47. The van der Waals surface area contributed by atoms with Gasteiger partial charge in [-0.15, -0.1) is 0 Å². The Labute approximate surface area is 236 Å². The first-order valence-electron chi connectivity index (χ1n) is 13.5. The smallest absolute Gasteiger partial charge is 0.297 e. The number of benzene rings is 3. The molecule has 2 aromatic heterocycles. The molecule has 1 amide bonds. The van der Waals surface area contributed by atoms with Crippen LogP contribution in [0.5, 0.6) is 0 Å². The number of anilines is 2. The van der Waals surface area contributed by atoms with E-state index in [1.807, 2.05) is 25.1 Å². The van der Waals surface area contributed by atoms with E-state index in [4.69, 9.17) is 8.83 Å². The van der Waals surface area contributed by atoms with Gasteiger partial charge in [-0.1, -0.05) is 0 Å². The van der Waals surface area contributed by atoms with Crippen molar-refractivity contribution in [3.8, 4) is 22.6 Å². The number of aromatic nitrogens is 1. The van der Waals surface area contributed by atoms with Crippen molar-refractivity contribution in [1.29, 1.82) is 0 Å². The quantitative estimate of drug-likeness (QED) is 0.247. The number of nitrogens with one attached hydrogen (secondary N) is 1. The summed E-state index contributed by atoms with van der Waals surface area (Å²) < 4.78 is 39.4. The molecule has 1 atom stereocenters. The van der Waals surface area contributed by atoms with Gasteiger partial charge in [0.15, 0.2) is 5.76 Å². The molecular weight excluding hydrogens is 526 g/mol. The van der Waals surface area contributed by atoms with Gasteiger partial charge in [0.1, 0.15) is 23.0 Å². The summed E-state index contributed by atoms with van der Waals surface area (Å²) >= 11 is 0. The molecular formula is C32H30F2N4O3. The van der Waals surface area contributed by atoms with Crippen molar-refractivity contribution in [2.75, 3.05) is 44.0 Å². The second-order valence-electron chi connectivity index (χ2n) is 10.5. The highest BCUT2D eigenvalue weighted by molar-refractivity contribution is 6.11. The summed E-state index contributed by atoms with van der Waals surface area (Å²) in [7, 11) is 5.55. The number of nitrogens with zero attached hydrogens (tertiary/aromatic N) is 3. The Morgan fingerprint density at radius 1 is 1.00 bits per heavy atom. The Hall–Kier alpha value is -4.66. The zero-order valence-corrected chi connectivity index (χ0v) is 23.1. The molecule has 1 aliphatic rings. The lowest BCUT2D eigenvalue weighted by atomic mass is 9.88. The fourth-order valence-corrected chi connectivity index (χ4v) is 5.58. The van der Waals surface area contributed by atoms with Gasteiger partial charge in [0.05, 0.1) is 11.8 Å². The van der Waals surface area contributed by atoms with Crippen LogP contribution in [0.15, 0.2) is 75.7 Å². The van der Waals surface area contributed by atoms with Gasteiger partial charge in [-0.3, -0.25) is 4.79 Å². The van der Waals surface area contributed by atoms with E-state index in [0.717, 1.165) is 36.2 Å². The maximum atomic E-state index is 13.6. The number of amides is 1. The number of fused-ring (bicyclic) bond motifs is 1. The summed E-state index contributed by atoms with van der Waals surface area (Å²) in [6, 6.07) is 16.6. The van der Waals surface area contributed by atoms with Gasteiger partial charge >= 0.3 is 0 Å². The normalized spacial score (nSPS) is 15.3. The predicted octanol–water partition coefficient (Wildman–Crippen LogP) is 6.84. The second-order valence-corrected chi connectivity index (χ2v) is 10.5. The lowest BCUT2D eigenvalue weighted by Crippen LogP contribution is -2.35. The fourth-order valence-electron chi connectivity index (χ4n) is 5.58. The third kappa shape index (κ3) is 5.03. The predicted molar refractivity (Wildman–Crippen MR) is 155 cm³/mol. The number of halogens is 2. The molecule has 0 radical (unpaired) electrons. The van der Waals surface area contributed by atoms with Crippen LogP contribution >= 0.6 is 0 Å². The summed E-state index contributed by atoms with van der Waals surface area (Å²) in [5.74, 6) is 0.182. The molecule has 5 aromatic rings. The van der Waals surface area contributed by atoms with Crippen molar-refractivity contribution in [2.45, 2.75) is 18.8 Å². The first-order valence-corrected chi connectivity index (χ1v) is 13.5. The molecule has 41 heavy (non-hydrogen) atoms. The molecule has 7 nitrogen and oxygen atoms in total. The van der Waals surface area contributed by atoms with Crippen molar-refractivity contribution in [1.82, 2.24) is 10.3 Å². The number of rotatable bonds is 6. The van der Waals surface area contributed by atoms with Crippen LogP contribution in [0.3, 0.4) is 0 Å². The van der Waals surface area contributed by atoms with Crippen LogP contribution in [0.4, 0.5) is 20.5 Å². The van der Waals surface area contributed by atoms with E-state index >= 15 is 0 Å². The molecule has 0 unspecified atom stereocenters. The van der Waals surface area contributed by atoms with Gasteiger partial charge in [-0.2, -0.15) is 0 Å². The summed E-state index contributed by atoms with van der Waals surface area (Å²) in [6.07, 6.45) is 3.55. The molecule has 0 spiro atoms. The Morgan fingerprint density at radius 3 is 2.34 bits per heavy atom. The fraction of sp³-hybridized carbons (Fsp3) is 0.250. The molecule has 1 saturated heterocycles. The van der Waals surface area contributed by atoms with Gasteiger partial charge in [0.2, 0.25) is 0 Å². The van der Waals surface area contributed by atoms with Gasteiger partial charge in [-0.05, 0) is 73.0 Å². The van der Waals surface area contributed by atoms with E-state index in [1.54, 1.807) is 37.5 Å². The number of hydrogen-bond donors (Lipinski definition) is 1. The van der Waals surface area contributed by atoms with Crippen LogP contribution in [0, 0.1) is 11.6 Å². The van der Waals surface area contributed by atoms with Gasteiger partial charge < -0.3 is 24.0 Å². The average Bonchev–Trinajstić information content (AvgIpc) is 3.62. The van der Waals surface area contributed by atoms with Crippen LogP contribution in [-0.4, -0.2) is 45.1 Å². The van der Waals surface area contributed by atoms with Crippen LogP contribution < -0.4 is 15.1 Å². The number of carbonyl (C=O) groups excluding carboxylic acids is 1. The number of piperidine rings is 1. The lowest BCUT2D eigenvalue weighted by Gasteiger charge is -2.33. The van der Waals surface area contributed by atoms with Crippen molar-refractivity contribution < 1.29 is 22.4 Å². The van der Waals surface area contributed by atoms with Crippen LogP contribution in [0.2, 0.25) is 0 Å². The summed E-state index contributed by atoms with van der Waals surface area (Å²) in [5, 5.41) is 3.44. The van der Waals surface area contributed by atoms with Crippen molar-refractivity contribution in [2.24, 2.45) is 0 Å². The largest absolute Gasteiger partial charge is 0.455 e. The van der Waals surface area contributed by atoms with E-state index in [-0.39, 0.29) is 23.5 Å². The molecule has 1 fully saturated rings. The molecule has 3 aromatic carbocycles. The van der Waals surface area contributed by atoms with Gasteiger partial charge in [-0.25, -0.2) is 13.8 Å². The van der Waals surface area contributed by atoms with E-state index in [9.17, 15) is 13.6 Å². The maximum absolute atomic E-state index is 13.6. The van der Waals surface area contributed by atoms with Crippen molar-refractivity contribution in [3.05, 3.63) is 89.6 Å².